The lowest BCUT2D eigenvalue weighted by molar-refractivity contribution is -0.119. The van der Waals surface area contributed by atoms with Crippen LogP contribution in [0.1, 0.15) is 55.8 Å². The van der Waals surface area contributed by atoms with Gasteiger partial charge in [-0.2, -0.15) is 0 Å². The van der Waals surface area contributed by atoms with Gasteiger partial charge in [0.2, 0.25) is 5.91 Å². The molecule has 2 amide bonds. The molecule has 0 saturated heterocycles. The second-order valence-corrected chi connectivity index (χ2v) is 8.94. The number of hydrogen-bond donors (Lipinski definition) is 1. The molecule has 31 heavy (non-hydrogen) atoms. The largest absolute Gasteiger partial charge is 0.457 e. The number of ether oxygens (including phenoxy) is 1. The normalized spacial score (nSPS) is 21.2. The maximum atomic E-state index is 12.8. The lowest BCUT2D eigenvalue weighted by atomic mass is 10.0. The van der Waals surface area contributed by atoms with E-state index in [1.165, 1.54) is 12.8 Å². The van der Waals surface area contributed by atoms with Crippen molar-refractivity contribution in [1.82, 2.24) is 5.32 Å². The third-order valence-corrected chi connectivity index (χ3v) is 6.67. The highest BCUT2D eigenvalue weighted by atomic mass is 16.5. The molecule has 2 aliphatic carbocycles. The van der Waals surface area contributed by atoms with Crippen molar-refractivity contribution in [2.24, 2.45) is 0 Å². The molecule has 0 spiro atoms. The van der Waals surface area contributed by atoms with Crippen LogP contribution in [0.3, 0.4) is 0 Å². The maximum Gasteiger partial charge on any atom is 0.251 e. The van der Waals surface area contributed by atoms with Crippen LogP contribution in [0.15, 0.2) is 42.5 Å². The first-order chi connectivity index (χ1) is 15.0. The summed E-state index contributed by atoms with van der Waals surface area (Å²) in [7, 11) is 1.84. The third kappa shape index (κ3) is 3.87. The van der Waals surface area contributed by atoms with E-state index in [4.69, 9.17) is 4.74 Å². The number of rotatable bonds is 5. The molecule has 1 heterocycles. The number of carbonyl (C=O) groups is 2. The fraction of sp³-hybridized carbons (Fsp3) is 0.440. The Kier molecular flexibility index (Phi) is 5.08. The van der Waals surface area contributed by atoms with Gasteiger partial charge in [-0.15, -0.1) is 0 Å². The van der Waals surface area contributed by atoms with Crippen molar-refractivity contribution in [3.05, 3.63) is 48.0 Å². The molecule has 1 atom stereocenters. The van der Waals surface area contributed by atoms with Gasteiger partial charge in [-0.25, -0.2) is 0 Å². The summed E-state index contributed by atoms with van der Waals surface area (Å²) in [5.74, 6) is 1.51. The van der Waals surface area contributed by atoms with Gasteiger partial charge in [0, 0.05) is 30.8 Å². The number of benzene rings is 2. The molecular formula is C25H29N3O3. The van der Waals surface area contributed by atoms with E-state index in [1.54, 1.807) is 17.0 Å². The highest BCUT2D eigenvalue weighted by Crippen LogP contribution is 2.42. The van der Waals surface area contributed by atoms with Crippen molar-refractivity contribution in [2.45, 2.75) is 63.6 Å². The van der Waals surface area contributed by atoms with Crippen LogP contribution in [0.25, 0.3) is 0 Å². The van der Waals surface area contributed by atoms with E-state index >= 15 is 0 Å². The fourth-order valence-corrected chi connectivity index (χ4v) is 4.79. The van der Waals surface area contributed by atoms with Crippen molar-refractivity contribution in [2.75, 3.05) is 16.8 Å². The Balaban J connectivity index is 1.38. The summed E-state index contributed by atoms with van der Waals surface area (Å²) in [6, 6.07) is 13.7. The van der Waals surface area contributed by atoms with Gasteiger partial charge in [0.15, 0.2) is 0 Å². The van der Waals surface area contributed by atoms with Gasteiger partial charge >= 0.3 is 0 Å². The van der Waals surface area contributed by atoms with Gasteiger partial charge in [0.1, 0.15) is 17.5 Å². The number of fused-ring (bicyclic) bond motifs is 1. The summed E-state index contributed by atoms with van der Waals surface area (Å²) in [6.45, 7) is 2.00. The summed E-state index contributed by atoms with van der Waals surface area (Å²) in [5.41, 5.74) is 2.62. The van der Waals surface area contributed by atoms with Crippen LogP contribution in [0.2, 0.25) is 0 Å². The number of nitrogens with one attached hydrogen (secondary N) is 1. The Morgan fingerprint density at radius 2 is 1.65 bits per heavy atom. The zero-order chi connectivity index (χ0) is 21.5. The van der Waals surface area contributed by atoms with Crippen molar-refractivity contribution < 1.29 is 14.3 Å². The monoisotopic (exact) mass is 419 g/mol. The van der Waals surface area contributed by atoms with Crippen LogP contribution < -0.4 is 19.9 Å². The Morgan fingerprint density at radius 3 is 2.32 bits per heavy atom. The Hall–Kier alpha value is -3.02. The topological polar surface area (TPSA) is 61.9 Å². The van der Waals surface area contributed by atoms with Crippen molar-refractivity contribution in [3.63, 3.8) is 0 Å². The predicted octanol–water partition coefficient (Wildman–Crippen LogP) is 4.49. The molecule has 5 rings (SSSR count). The highest BCUT2D eigenvalue weighted by Gasteiger charge is 2.38. The van der Waals surface area contributed by atoms with Crippen LogP contribution in [0.4, 0.5) is 11.4 Å². The van der Waals surface area contributed by atoms with Crippen molar-refractivity contribution in [3.8, 4) is 11.5 Å². The molecule has 162 valence electrons. The molecule has 6 nitrogen and oxygen atoms in total. The van der Waals surface area contributed by atoms with Gasteiger partial charge in [-0.3, -0.25) is 9.59 Å². The number of nitrogens with zero attached hydrogens (tertiary/aromatic N) is 2. The summed E-state index contributed by atoms with van der Waals surface area (Å²) in [5, 5.41) is 3.00. The molecule has 2 fully saturated rings. The zero-order valence-corrected chi connectivity index (χ0v) is 18.1. The van der Waals surface area contributed by atoms with Gasteiger partial charge in [-0.1, -0.05) is 12.8 Å². The second kappa shape index (κ2) is 7.91. The first kappa shape index (κ1) is 19.9. The molecule has 2 aromatic rings. The van der Waals surface area contributed by atoms with Crippen LogP contribution >= 0.6 is 0 Å². The summed E-state index contributed by atoms with van der Waals surface area (Å²) in [4.78, 5) is 29.0. The van der Waals surface area contributed by atoms with E-state index in [0.717, 1.165) is 42.8 Å². The van der Waals surface area contributed by atoms with E-state index in [2.05, 4.69) is 10.2 Å². The summed E-state index contributed by atoms with van der Waals surface area (Å²) >= 11 is 0. The summed E-state index contributed by atoms with van der Waals surface area (Å²) in [6.07, 6.45) is 6.81. The molecule has 2 aromatic carbocycles. The van der Waals surface area contributed by atoms with Crippen molar-refractivity contribution >= 4 is 23.2 Å². The van der Waals surface area contributed by atoms with Gasteiger partial charge in [0.25, 0.3) is 5.91 Å². The Labute approximate surface area is 183 Å². The van der Waals surface area contributed by atoms with E-state index in [1.807, 2.05) is 44.3 Å². The minimum atomic E-state index is -0.180. The number of likely N-dealkylation sites (N-methyl/N-ethyl adjacent to an activating group) is 1. The molecule has 6 heteroatoms. The number of carbonyl (C=O) groups excluding carboxylic acids is 2. The SMILES string of the molecule is CC1C(=O)N(C)c2ccc(Oc3ccc(C(=O)NC4CC4)cc3)cc2N1C1CCCC1. The van der Waals surface area contributed by atoms with Crippen LogP contribution in [0.5, 0.6) is 11.5 Å². The minimum Gasteiger partial charge on any atom is -0.457 e. The maximum absolute atomic E-state index is 12.8. The molecule has 2 saturated carbocycles. The third-order valence-electron chi connectivity index (χ3n) is 6.67. The smallest absolute Gasteiger partial charge is 0.251 e. The van der Waals surface area contributed by atoms with Gasteiger partial charge in [-0.05, 0) is 69.0 Å². The fourth-order valence-electron chi connectivity index (χ4n) is 4.79. The predicted molar refractivity (Wildman–Crippen MR) is 121 cm³/mol. The van der Waals surface area contributed by atoms with E-state index in [-0.39, 0.29) is 17.9 Å². The number of hydrogen-bond acceptors (Lipinski definition) is 4. The first-order valence-electron chi connectivity index (χ1n) is 11.3. The number of anilines is 2. The Bertz CT molecular complexity index is 994. The van der Waals surface area contributed by atoms with Crippen molar-refractivity contribution in [1.29, 1.82) is 0 Å². The highest BCUT2D eigenvalue weighted by molar-refractivity contribution is 6.05. The lowest BCUT2D eigenvalue weighted by Gasteiger charge is -2.43. The summed E-state index contributed by atoms with van der Waals surface area (Å²) < 4.78 is 6.12. The molecule has 3 aliphatic rings. The zero-order valence-electron chi connectivity index (χ0n) is 18.1. The molecule has 0 bridgehead atoms. The van der Waals surface area contributed by atoms with E-state index in [0.29, 0.717) is 23.4 Å². The first-order valence-corrected chi connectivity index (χ1v) is 11.3. The van der Waals surface area contributed by atoms with Crippen LogP contribution in [-0.2, 0) is 4.79 Å². The number of amides is 2. The molecular weight excluding hydrogens is 390 g/mol. The standard InChI is InChI=1S/C25H29N3O3/c1-16-25(30)27(2)22-14-13-21(15-23(22)28(16)19-5-3-4-6-19)31-20-11-7-17(8-12-20)24(29)26-18-9-10-18/h7-8,11-16,18-19H,3-6,9-10H2,1-2H3,(H,26,29). The molecule has 1 aliphatic heterocycles. The molecule has 0 aromatic heterocycles. The van der Waals surface area contributed by atoms with Gasteiger partial charge in [0.05, 0.1) is 11.4 Å². The molecule has 1 unspecified atom stereocenters. The molecule has 1 N–H and O–H groups in total. The van der Waals surface area contributed by atoms with Gasteiger partial charge < -0.3 is 19.9 Å². The average molecular weight is 420 g/mol. The minimum absolute atomic E-state index is 0.0308. The second-order valence-electron chi connectivity index (χ2n) is 8.94. The molecule has 0 radical (unpaired) electrons. The van der Waals surface area contributed by atoms with E-state index in [9.17, 15) is 9.59 Å². The average Bonchev–Trinajstić information content (AvgIpc) is 3.42. The van der Waals surface area contributed by atoms with Crippen LogP contribution in [0, 0.1) is 0 Å². The van der Waals surface area contributed by atoms with Crippen LogP contribution in [-0.4, -0.2) is 37.0 Å². The quantitative estimate of drug-likeness (QED) is 0.776. The Morgan fingerprint density at radius 1 is 0.968 bits per heavy atom. The van der Waals surface area contributed by atoms with E-state index < -0.39 is 0 Å². The lowest BCUT2D eigenvalue weighted by Crippen LogP contribution is -2.54.